The van der Waals surface area contributed by atoms with Gasteiger partial charge < -0.3 is 15.5 Å². The van der Waals surface area contributed by atoms with Crippen LogP contribution in [-0.2, 0) is 9.59 Å². The molecule has 1 fully saturated rings. The molecule has 1 heterocycles. The predicted octanol–water partition coefficient (Wildman–Crippen LogP) is 1.85. The van der Waals surface area contributed by atoms with E-state index in [-0.39, 0.29) is 30.1 Å². The fourth-order valence-electron chi connectivity index (χ4n) is 2.71. The summed E-state index contributed by atoms with van der Waals surface area (Å²) in [5.74, 6) is -0.403. The van der Waals surface area contributed by atoms with Crippen molar-refractivity contribution in [2.75, 3.05) is 26.2 Å². The maximum Gasteiger partial charge on any atom is 0.225 e. The van der Waals surface area contributed by atoms with Crippen molar-refractivity contribution in [1.82, 2.24) is 15.5 Å². The van der Waals surface area contributed by atoms with Crippen molar-refractivity contribution in [3.05, 3.63) is 35.6 Å². The van der Waals surface area contributed by atoms with Gasteiger partial charge in [0.2, 0.25) is 11.8 Å². The van der Waals surface area contributed by atoms with Gasteiger partial charge in [0, 0.05) is 38.0 Å². The van der Waals surface area contributed by atoms with E-state index >= 15 is 0 Å². The summed E-state index contributed by atoms with van der Waals surface area (Å²) in [6.45, 7) is 7.71. The van der Waals surface area contributed by atoms with Gasteiger partial charge in [-0.15, -0.1) is 0 Å². The summed E-state index contributed by atoms with van der Waals surface area (Å²) in [4.78, 5) is 26.2. The van der Waals surface area contributed by atoms with Crippen LogP contribution in [0.3, 0.4) is 0 Å². The number of halogens is 1. The van der Waals surface area contributed by atoms with Crippen LogP contribution in [0.25, 0.3) is 0 Å². The lowest BCUT2D eigenvalue weighted by Crippen LogP contribution is -2.49. The number of amides is 2. The summed E-state index contributed by atoms with van der Waals surface area (Å²) in [5, 5.41) is 6.04. The SMILES string of the molecule is CC(C)(C)C(=O)NCCC(=O)N1CCNCC1c1cccc(F)c1. The van der Waals surface area contributed by atoms with Crippen molar-refractivity contribution in [1.29, 1.82) is 0 Å². The van der Waals surface area contributed by atoms with Gasteiger partial charge in [0.25, 0.3) is 0 Å². The van der Waals surface area contributed by atoms with Crippen LogP contribution in [0.1, 0.15) is 38.8 Å². The van der Waals surface area contributed by atoms with Crippen LogP contribution in [0.15, 0.2) is 24.3 Å². The molecule has 5 nitrogen and oxygen atoms in total. The Morgan fingerprint density at radius 1 is 1.38 bits per heavy atom. The van der Waals surface area contributed by atoms with Crippen molar-refractivity contribution in [3.63, 3.8) is 0 Å². The zero-order chi connectivity index (χ0) is 17.7. The molecule has 0 radical (unpaired) electrons. The number of rotatable bonds is 4. The van der Waals surface area contributed by atoms with Gasteiger partial charge in [-0.2, -0.15) is 0 Å². The Hall–Kier alpha value is -1.95. The zero-order valence-corrected chi connectivity index (χ0v) is 14.6. The molecular weight excluding hydrogens is 309 g/mol. The Bertz CT molecular complexity index is 598. The highest BCUT2D eigenvalue weighted by Gasteiger charge is 2.28. The van der Waals surface area contributed by atoms with Crippen molar-refractivity contribution in [2.45, 2.75) is 33.2 Å². The van der Waals surface area contributed by atoms with Gasteiger partial charge in [-0.05, 0) is 17.7 Å². The van der Waals surface area contributed by atoms with Gasteiger partial charge in [-0.3, -0.25) is 9.59 Å². The van der Waals surface area contributed by atoms with Crippen LogP contribution in [-0.4, -0.2) is 42.9 Å². The number of carbonyl (C=O) groups is 2. The molecular formula is C18H26FN3O2. The van der Waals surface area contributed by atoms with Crippen LogP contribution < -0.4 is 10.6 Å². The first-order chi connectivity index (χ1) is 11.3. The lowest BCUT2D eigenvalue weighted by Gasteiger charge is -2.36. The molecule has 1 aliphatic rings. The quantitative estimate of drug-likeness (QED) is 0.883. The molecule has 1 atom stereocenters. The minimum absolute atomic E-state index is 0.0278. The smallest absolute Gasteiger partial charge is 0.225 e. The van der Waals surface area contributed by atoms with Gasteiger partial charge in [-0.25, -0.2) is 4.39 Å². The van der Waals surface area contributed by atoms with Crippen molar-refractivity contribution in [3.8, 4) is 0 Å². The second kappa shape index (κ2) is 7.75. The van der Waals surface area contributed by atoms with E-state index in [0.29, 0.717) is 26.2 Å². The zero-order valence-electron chi connectivity index (χ0n) is 14.6. The summed E-state index contributed by atoms with van der Waals surface area (Å²) in [6, 6.07) is 6.18. The summed E-state index contributed by atoms with van der Waals surface area (Å²) < 4.78 is 13.5. The van der Waals surface area contributed by atoms with Gasteiger partial charge >= 0.3 is 0 Å². The lowest BCUT2D eigenvalue weighted by atomic mass is 9.96. The highest BCUT2D eigenvalue weighted by molar-refractivity contribution is 5.82. The standard InChI is InChI=1S/C18H26FN3O2/c1-18(2,3)17(24)21-8-7-16(23)22-10-9-20-12-15(22)13-5-4-6-14(19)11-13/h4-6,11,15,20H,7-10,12H2,1-3H3,(H,21,24). The maximum atomic E-state index is 13.5. The summed E-state index contributed by atoms with van der Waals surface area (Å²) in [5.41, 5.74) is 0.316. The molecule has 0 bridgehead atoms. The van der Waals surface area contributed by atoms with Crippen LogP contribution in [0.5, 0.6) is 0 Å². The molecule has 0 aliphatic carbocycles. The van der Waals surface area contributed by atoms with Crippen LogP contribution in [0.2, 0.25) is 0 Å². The van der Waals surface area contributed by atoms with E-state index in [2.05, 4.69) is 10.6 Å². The molecule has 2 amide bonds. The third-order valence-electron chi connectivity index (χ3n) is 4.10. The van der Waals surface area contributed by atoms with Crippen molar-refractivity contribution >= 4 is 11.8 Å². The van der Waals surface area contributed by atoms with E-state index in [1.54, 1.807) is 11.0 Å². The number of hydrogen-bond acceptors (Lipinski definition) is 3. The number of piperazine rings is 1. The first-order valence-corrected chi connectivity index (χ1v) is 8.33. The Kier molecular flexibility index (Phi) is 5.94. The summed E-state index contributed by atoms with van der Waals surface area (Å²) >= 11 is 0. The second-order valence-electron chi connectivity index (χ2n) is 7.12. The molecule has 1 aromatic rings. The first-order valence-electron chi connectivity index (χ1n) is 8.33. The monoisotopic (exact) mass is 335 g/mol. The Labute approximate surface area is 142 Å². The Morgan fingerprint density at radius 3 is 2.79 bits per heavy atom. The van der Waals surface area contributed by atoms with E-state index in [0.717, 1.165) is 5.56 Å². The molecule has 2 N–H and O–H groups in total. The molecule has 1 saturated heterocycles. The number of hydrogen-bond donors (Lipinski definition) is 2. The average molecular weight is 335 g/mol. The fraction of sp³-hybridized carbons (Fsp3) is 0.556. The molecule has 0 spiro atoms. The van der Waals surface area contributed by atoms with E-state index < -0.39 is 5.41 Å². The van der Waals surface area contributed by atoms with E-state index in [4.69, 9.17) is 0 Å². The van der Waals surface area contributed by atoms with Crippen molar-refractivity contribution < 1.29 is 14.0 Å². The molecule has 1 unspecified atom stereocenters. The number of nitrogens with zero attached hydrogens (tertiary/aromatic N) is 1. The lowest BCUT2D eigenvalue weighted by molar-refractivity contribution is -0.134. The number of nitrogens with one attached hydrogen (secondary N) is 2. The normalized spacial score (nSPS) is 18.3. The predicted molar refractivity (Wildman–Crippen MR) is 90.8 cm³/mol. The number of benzene rings is 1. The number of carbonyl (C=O) groups excluding carboxylic acids is 2. The first kappa shape index (κ1) is 18.4. The third-order valence-corrected chi connectivity index (χ3v) is 4.10. The molecule has 2 rings (SSSR count). The minimum atomic E-state index is -0.470. The average Bonchev–Trinajstić information content (AvgIpc) is 2.53. The van der Waals surface area contributed by atoms with E-state index in [1.807, 2.05) is 26.8 Å². The van der Waals surface area contributed by atoms with Gasteiger partial charge in [0.15, 0.2) is 0 Å². The highest BCUT2D eigenvalue weighted by atomic mass is 19.1. The van der Waals surface area contributed by atoms with Crippen LogP contribution in [0, 0.1) is 11.2 Å². The minimum Gasteiger partial charge on any atom is -0.355 e. The van der Waals surface area contributed by atoms with Crippen LogP contribution in [0.4, 0.5) is 4.39 Å². The summed E-state index contributed by atoms with van der Waals surface area (Å²) in [7, 11) is 0. The molecule has 132 valence electrons. The molecule has 1 aliphatic heterocycles. The molecule has 1 aromatic carbocycles. The fourth-order valence-corrected chi connectivity index (χ4v) is 2.71. The van der Waals surface area contributed by atoms with Gasteiger partial charge in [0.1, 0.15) is 5.82 Å². The van der Waals surface area contributed by atoms with Gasteiger partial charge in [0.05, 0.1) is 6.04 Å². The topological polar surface area (TPSA) is 61.4 Å². The third kappa shape index (κ3) is 4.77. The van der Waals surface area contributed by atoms with Gasteiger partial charge in [-0.1, -0.05) is 32.9 Å². The molecule has 24 heavy (non-hydrogen) atoms. The largest absolute Gasteiger partial charge is 0.355 e. The Morgan fingerprint density at radius 2 is 2.12 bits per heavy atom. The molecule has 0 saturated carbocycles. The molecule has 0 aromatic heterocycles. The highest BCUT2D eigenvalue weighted by Crippen LogP contribution is 2.23. The Balaban J connectivity index is 1.97. The second-order valence-corrected chi connectivity index (χ2v) is 7.12. The van der Waals surface area contributed by atoms with E-state index in [9.17, 15) is 14.0 Å². The van der Waals surface area contributed by atoms with Crippen molar-refractivity contribution in [2.24, 2.45) is 5.41 Å². The summed E-state index contributed by atoms with van der Waals surface area (Å²) in [6.07, 6.45) is 0.244. The van der Waals surface area contributed by atoms with E-state index in [1.165, 1.54) is 12.1 Å². The maximum absolute atomic E-state index is 13.5. The van der Waals surface area contributed by atoms with Crippen LogP contribution >= 0.6 is 0 Å². The molecule has 6 heteroatoms.